The van der Waals surface area contributed by atoms with Gasteiger partial charge in [0, 0.05) is 19.2 Å². The second kappa shape index (κ2) is 10.8. The molecule has 7 nitrogen and oxygen atoms in total. The molecule has 1 atom stereocenters. The molecular weight excluding hydrogens is 410 g/mol. The Morgan fingerprint density at radius 2 is 1.56 bits per heavy atom. The SMILES string of the molecule is CCCOc1ccc(/C(O)=C2\C(=O)C(=O)N(CCOC)C2c2ccc(OCC)cc2)cc1. The molecule has 0 radical (unpaired) electrons. The predicted octanol–water partition coefficient (Wildman–Crippen LogP) is 3.94. The Balaban J connectivity index is 2.03. The molecule has 3 rings (SSSR count). The molecular formula is C25H29NO6. The second-order valence-corrected chi connectivity index (χ2v) is 7.36. The minimum Gasteiger partial charge on any atom is -0.507 e. The van der Waals surface area contributed by atoms with Crippen molar-refractivity contribution in [3.05, 3.63) is 65.2 Å². The summed E-state index contributed by atoms with van der Waals surface area (Å²) < 4.78 is 16.2. The number of hydrogen-bond donors (Lipinski definition) is 1. The molecule has 0 saturated carbocycles. The summed E-state index contributed by atoms with van der Waals surface area (Å²) in [6.07, 6.45) is 0.884. The molecule has 1 amide bonds. The zero-order valence-electron chi connectivity index (χ0n) is 18.7. The standard InChI is InChI=1S/C25H29NO6/c1-4-15-32-20-12-8-18(9-13-20)23(27)21-22(17-6-10-19(11-7-17)31-5-2)26(14-16-30-3)25(29)24(21)28/h6-13,22,27H,4-5,14-16H2,1-3H3/b23-21+. The summed E-state index contributed by atoms with van der Waals surface area (Å²) in [6, 6.07) is 13.3. The fourth-order valence-corrected chi connectivity index (χ4v) is 3.64. The van der Waals surface area contributed by atoms with E-state index in [-0.39, 0.29) is 24.5 Å². The van der Waals surface area contributed by atoms with Gasteiger partial charge in [-0.1, -0.05) is 19.1 Å². The molecule has 1 heterocycles. The van der Waals surface area contributed by atoms with Gasteiger partial charge in [0.15, 0.2) is 0 Å². The largest absolute Gasteiger partial charge is 0.507 e. The van der Waals surface area contributed by atoms with Crippen LogP contribution in [0.1, 0.15) is 37.4 Å². The van der Waals surface area contributed by atoms with Crippen molar-refractivity contribution in [1.82, 2.24) is 4.90 Å². The highest BCUT2D eigenvalue weighted by Gasteiger charge is 2.45. The van der Waals surface area contributed by atoms with Crippen LogP contribution in [0.25, 0.3) is 5.76 Å². The van der Waals surface area contributed by atoms with Crippen molar-refractivity contribution in [3.8, 4) is 11.5 Å². The van der Waals surface area contributed by atoms with Crippen molar-refractivity contribution >= 4 is 17.4 Å². The highest BCUT2D eigenvalue weighted by Crippen LogP contribution is 2.39. The summed E-state index contributed by atoms with van der Waals surface area (Å²) in [6.45, 7) is 5.52. The third-order valence-corrected chi connectivity index (χ3v) is 5.18. The molecule has 1 saturated heterocycles. The van der Waals surface area contributed by atoms with Crippen LogP contribution in [0.3, 0.4) is 0 Å². The van der Waals surface area contributed by atoms with E-state index in [0.717, 1.165) is 6.42 Å². The van der Waals surface area contributed by atoms with Crippen molar-refractivity contribution in [3.63, 3.8) is 0 Å². The van der Waals surface area contributed by atoms with Gasteiger partial charge in [-0.2, -0.15) is 0 Å². The summed E-state index contributed by atoms with van der Waals surface area (Å²) >= 11 is 0. The van der Waals surface area contributed by atoms with E-state index in [2.05, 4.69) is 0 Å². The molecule has 2 aromatic rings. The Morgan fingerprint density at radius 1 is 0.938 bits per heavy atom. The minimum absolute atomic E-state index is 0.0532. The third kappa shape index (κ3) is 4.94. The van der Waals surface area contributed by atoms with Crippen LogP contribution in [0.15, 0.2) is 54.1 Å². The van der Waals surface area contributed by atoms with E-state index in [1.807, 2.05) is 13.8 Å². The maximum absolute atomic E-state index is 13.0. The first-order chi connectivity index (χ1) is 15.5. The number of ketones is 1. The van der Waals surface area contributed by atoms with Gasteiger partial charge >= 0.3 is 0 Å². The van der Waals surface area contributed by atoms with Gasteiger partial charge in [0.1, 0.15) is 17.3 Å². The van der Waals surface area contributed by atoms with Gasteiger partial charge in [0.05, 0.1) is 31.4 Å². The quantitative estimate of drug-likeness (QED) is 0.343. The van der Waals surface area contributed by atoms with Gasteiger partial charge in [-0.25, -0.2) is 0 Å². The number of rotatable bonds is 10. The van der Waals surface area contributed by atoms with Crippen molar-refractivity contribution < 1.29 is 28.9 Å². The average molecular weight is 440 g/mol. The van der Waals surface area contributed by atoms with Crippen LogP contribution in [0.4, 0.5) is 0 Å². The fourth-order valence-electron chi connectivity index (χ4n) is 3.64. The van der Waals surface area contributed by atoms with E-state index >= 15 is 0 Å². The lowest BCUT2D eigenvalue weighted by atomic mass is 9.95. The first-order valence-corrected chi connectivity index (χ1v) is 10.7. The van der Waals surface area contributed by atoms with E-state index in [1.54, 1.807) is 48.5 Å². The van der Waals surface area contributed by atoms with Crippen LogP contribution in [0, 0.1) is 0 Å². The zero-order chi connectivity index (χ0) is 23.1. The molecule has 1 fully saturated rings. The number of aliphatic hydroxyl groups is 1. The first-order valence-electron chi connectivity index (χ1n) is 10.7. The molecule has 0 aromatic heterocycles. The Hall–Kier alpha value is -3.32. The predicted molar refractivity (Wildman–Crippen MR) is 121 cm³/mol. The van der Waals surface area contributed by atoms with Crippen LogP contribution < -0.4 is 9.47 Å². The number of aliphatic hydroxyl groups excluding tert-OH is 1. The molecule has 1 unspecified atom stereocenters. The Bertz CT molecular complexity index is 965. The summed E-state index contributed by atoms with van der Waals surface area (Å²) in [5.41, 5.74) is 1.19. The lowest BCUT2D eigenvalue weighted by Crippen LogP contribution is -2.32. The number of nitrogens with zero attached hydrogens (tertiary/aromatic N) is 1. The van der Waals surface area contributed by atoms with Crippen molar-refractivity contribution in [2.75, 3.05) is 33.5 Å². The summed E-state index contributed by atoms with van der Waals surface area (Å²) in [4.78, 5) is 27.2. The van der Waals surface area contributed by atoms with Gasteiger partial charge in [-0.3, -0.25) is 9.59 Å². The van der Waals surface area contributed by atoms with Gasteiger partial charge in [-0.05, 0) is 55.3 Å². The topological polar surface area (TPSA) is 85.3 Å². The van der Waals surface area contributed by atoms with Gasteiger partial charge in [-0.15, -0.1) is 0 Å². The van der Waals surface area contributed by atoms with Gasteiger partial charge < -0.3 is 24.2 Å². The molecule has 0 bridgehead atoms. The van der Waals surface area contributed by atoms with Crippen LogP contribution in [-0.2, 0) is 14.3 Å². The number of amides is 1. The average Bonchev–Trinajstić information content (AvgIpc) is 3.06. The summed E-state index contributed by atoms with van der Waals surface area (Å²) in [7, 11) is 1.53. The third-order valence-electron chi connectivity index (χ3n) is 5.18. The van der Waals surface area contributed by atoms with Crippen LogP contribution in [0.2, 0.25) is 0 Å². The zero-order valence-corrected chi connectivity index (χ0v) is 18.7. The number of hydrogen-bond acceptors (Lipinski definition) is 6. The fraction of sp³-hybridized carbons (Fsp3) is 0.360. The smallest absolute Gasteiger partial charge is 0.295 e. The molecule has 170 valence electrons. The summed E-state index contributed by atoms with van der Waals surface area (Å²) in [5.74, 6) is -0.238. The maximum Gasteiger partial charge on any atom is 0.295 e. The molecule has 1 aliphatic rings. The number of carbonyl (C=O) groups is 2. The summed E-state index contributed by atoms with van der Waals surface area (Å²) in [5, 5.41) is 11.1. The van der Waals surface area contributed by atoms with E-state index < -0.39 is 17.7 Å². The number of carbonyl (C=O) groups excluding carboxylic acids is 2. The molecule has 1 N–H and O–H groups in total. The Labute approximate surface area is 188 Å². The van der Waals surface area contributed by atoms with E-state index in [4.69, 9.17) is 14.2 Å². The van der Waals surface area contributed by atoms with Crippen molar-refractivity contribution in [2.45, 2.75) is 26.3 Å². The number of methoxy groups -OCH3 is 1. The number of ether oxygens (including phenoxy) is 3. The van der Waals surface area contributed by atoms with Gasteiger partial charge in [0.2, 0.25) is 0 Å². The van der Waals surface area contributed by atoms with E-state index in [0.29, 0.717) is 35.8 Å². The van der Waals surface area contributed by atoms with Crippen LogP contribution in [0.5, 0.6) is 11.5 Å². The molecule has 0 aliphatic carbocycles. The van der Waals surface area contributed by atoms with Crippen LogP contribution >= 0.6 is 0 Å². The van der Waals surface area contributed by atoms with E-state index in [9.17, 15) is 14.7 Å². The molecule has 7 heteroatoms. The molecule has 2 aromatic carbocycles. The minimum atomic E-state index is -0.725. The highest BCUT2D eigenvalue weighted by atomic mass is 16.5. The monoisotopic (exact) mass is 439 g/mol. The normalized spacial score (nSPS) is 17.6. The Morgan fingerprint density at radius 3 is 2.16 bits per heavy atom. The van der Waals surface area contributed by atoms with Crippen molar-refractivity contribution in [2.24, 2.45) is 0 Å². The number of benzene rings is 2. The molecule has 32 heavy (non-hydrogen) atoms. The Kier molecular flexibility index (Phi) is 7.89. The second-order valence-electron chi connectivity index (χ2n) is 7.36. The highest BCUT2D eigenvalue weighted by molar-refractivity contribution is 6.46. The lowest BCUT2D eigenvalue weighted by molar-refractivity contribution is -0.140. The molecule has 0 spiro atoms. The first kappa shape index (κ1) is 23.3. The number of likely N-dealkylation sites (tertiary alicyclic amines) is 1. The van der Waals surface area contributed by atoms with Crippen molar-refractivity contribution in [1.29, 1.82) is 0 Å². The van der Waals surface area contributed by atoms with Gasteiger partial charge in [0.25, 0.3) is 11.7 Å². The molecule has 1 aliphatic heterocycles. The lowest BCUT2D eigenvalue weighted by Gasteiger charge is -2.25. The van der Waals surface area contributed by atoms with Crippen LogP contribution in [-0.4, -0.2) is 55.2 Å². The maximum atomic E-state index is 13.0. The van der Waals surface area contributed by atoms with E-state index in [1.165, 1.54) is 12.0 Å². The number of Topliss-reactive ketones (excluding diaryl/α,β-unsaturated/α-hetero) is 1.